The largest absolute Gasteiger partial charge is 0.457 e. The number of hydrogen-bond acceptors (Lipinski definition) is 6. The molecule has 1 N–H and O–H groups in total. The molecule has 0 spiro atoms. The van der Waals surface area contributed by atoms with Gasteiger partial charge in [-0.25, -0.2) is 0 Å². The van der Waals surface area contributed by atoms with Crippen molar-refractivity contribution < 1.29 is 23.9 Å². The maximum Gasteiger partial charge on any atom is 0.255 e. The van der Waals surface area contributed by atoms with Crippen LogP contribution in [0.1, 0.15) is 38.3 Å². The molecule has 0 unspecified atom stereocenters. The molecule has 0 radical (unpaired) electrons. The van der Waals surface area contributed by atoms with E-state index in [9.17, 15) is 14.4 Å². The summed E-state index contributed by atoms with van der Waals surface area (Å²) in [7, 11) is 1.59. The van der Waals surface area contributed by atoms with Crippen LogP contribution in [0.25, 0.3) is 0 Å². The molecule has 1 aromatic heterocycles. The van der Waals surface area contributed by atoms with E-state index < -0.39 is 6.04 Å². The summed E-state index contributed by atoms with van der Waals surface area (Å²) in [4.78, 5) is 46.4. The molecule has 3 heterocycles. The third kappa shape index (κ3) is 5.68. The number of likely N-dealkylation sites (N-methyl/N-ethyl adjacent to an activating group) is 1. The lowest BCUT2D eigenvalue weighted by Gasteiger charge is -2.39. The fraction of sp³-hybridized carbons (Fsp3) is 0.310. The summed E-state index contributed by atoms with van der Waals surface area (Å²) in [6.07, 6.45) is 3.39. The van der Waals surface area contributed by atoms with E-state index >= 15 is 0 Å². The number of benzene rings is 2. The molecule has 3 amide bonds. The van der Waals surface area contributed by atoms with Crippen LogP contribution in [-0.2, 0) is 16.1 Å². The molecule has 196 valence electrons. The molecule has 9 heteroatoms. The van der Waals surface area contributed by atoms with Gasteiger partial charge in [0.1, 0.15) is 11.5 Å². The average molecular weight is 515 g/mol. The second-order valence-corrected chi connectivity index (χ2v) is 9.70. The minimum absolute atomic E-state index is 0.137. The van der Waals surface area contributed by atoms with Gasteiger partial charge in [-0.05, 0) is 60.9 Å². The second kappa shape index (κ2) is 11.0. The first kappa shape index (κ1) is 25.4. The molecular weight excluding hydrogens is 484 g/mol. The highest BCUT2D eigenvalue weighted by Gasteiger charge is 2.34. The van der Waals surface area contributed by atoms with Gasteiger partial charge in [0.15, 0.2) is 0 Å². The van der Waals surface area contributed by atoms with Crippen LogP contribution in [0.5, 0.6) is 11.5 Å². The number of pyridine rings is 1. The number of nitrogens with one attached hydrogen (secondary N) is 1. The lowest BCUT2D eigenvalue weighted by atomic mass is 10.0. The third-order valence-electron chi connectivity index (χ3n) is 6.84. The minimum Gasteiger partial charge on any atom is -0.457 e. The first-order valence-corrected chi connectivity index (χ1v) is 12.6. The van der Waals surface area contributed by atoms with E-state index in [0.29, 0.717) is 42.2 Å². The Hall–Kier alpha value is -4.24. The van der Waals surface area contributed by atoms with Gasteiger partial charge in [-0.3, -0.25) is 19.4 Å². The Morgan fingerprint density at radius 3 is 2.79 bits per heavy atom. The number of piperidine rings is 1. The molecule has 1 fully saturated rings. The standard InChI is InChI=1S/C29H30N4O5/c1-19-8-9-21-14-26(19)38-23-7-3-5-20(13-23)18-37-25-10-12-33(29(36)22-6-4-11-30-15-22)16-24(25)31-27(34)17-32(2)28(21)35/h3-9,11,13-15,24-25H,10,12,16-18H2,1-2H3,(H,31,34)/t24-,25+/m0/s1. The van der Waals surface area contributed by atoms with Crippen LogP contribution in [0.3, 0.4) is 0 Å². The Labute approximate surface area is 221 Å². The van der Waals surface area contributed by atoms with Gasteiger partial charge in [0.2, 0.25) is 5.91 Å². The molecule has 3 aromatic rings. The average Bonchev–Trinajstić information content (AvgIpc) is 2.93. The van der Waals surface area contributed by atoms with Crippen molar-refractivity contribution in [1.82, 2.24) is 20.1 Å². The maximum atomic E-state index is 13.1. The van der Waals surface area contributed by atoms with E-state index in [1.165, 1.54) is 11.1 Å². The number of likely N-dealkylation sites (tertiary alicyclic amines) is 1. The number of hydrogen-bond donors (Lipinski definition) is 1. The minimum atomic E-state index is -0.446. The number of ether oxygens (including phenoxy) is 2. The van der Waals surface area contributed by atoms with Crippen molar-refractivity contribution in [2.45, 2.75) is 32.1 Å². The normalized spacial score (nSPS) is 20.3. The van der Waals surface area contributed by atoms with Crippen LogP contribution in [0.15, 0.2) is 67.0 Å². The van der Waals surface area contributed by atoms with Crippen molar-refractivity contribution in [3.8, 4) is 11.5 Å². The predicted octanol–water partition coefficient (Wildman–Crippen LogP) is 3.18. The lowest BCUT2D eigenvalue weighted by Crippen LogP contribution is -2.58. The Morgan fingerprint density at radius 2 is 1.97 bits per heavy atom. The maximum absolute atomic E-state index is 13.1. The number of nitrogens with zero attached hydrogens (tertiary/aromatic N) is 3. The van der Waals surface area contributed by atoms with Gasteiger partial charge in [-0.1, -0.05) is 18.2 Å². The van der Waals surface area contributed by atoms with Crippen LogP contribution in [0, 0.1) is 6.92 Å². The van der Waals surface area contributed by atoms with Crippen molar-refractivity contribution in [2.24, 2.45) is 0 Å². The second-order valence-electron chi connectivity index (χ2n) is 9.70. The van der Waals surface area contributed by atoms with Crippen molar-refractivity contribution in [1.29, 1.82) is 0 Å². The molecule has 0 aliphatic carbocycles. The van der Waals surface area contributed by atoms with E-state index in [-0.39, 0.29) is 36.9 Å². The molecule has 2 aromatic carbocycles. The number of aryl methyl sites for hydroxylation is 1. The SMILES string of the molecule is Cc1ccc2cc1Oc1cccc(c1)CO[C@@H]1CCN(C(=O)c3cccnc3)C[C@@H]1NC(=O)CN(C)C2=O. The van der Waals surface area contributed by atoms with E-state index in [1.54, 1.807) is 42.4 Å². The van der Waals surface area contributed by atoms with Crippen molar-refractivity contribution in [3.05, 3.63) is 89.2 Å². The van der Waals surface area contributed by atoms with E-state index in [0.717, 1.165) is 11.1 Å². The van der Waals surface area contributed by atoms with Gasteiger partial charge >= 0.3 is 0 Å². The molecule has 2 aliphatic heterocycles. The van der Waals surface area contributed by atoms with Crippen molar-refractivity contribution in [3.63, 3.8) is 0 Å². The number of carbonyl (C=O) groups is 3. The molecule has 0 saturated carbocycles. The zero-order chi connectivity index (χ0) is 26.6. The number of amides is 3. The summed E-state index contributed by atoms with van der Waals surface area (Å²) < 4.78 is 12.4. The van der Waals surface area contributed by atoms with E-state index in [2.05, 4.69) is 10.3 Å². The summed E-state index contributed by atoms with van der Waals surface area (Å²) in [5, 5.41) is 3.02. The van der Waals surface area contributed by atoms with Gasteiger partial charge in [0.05, 0.1) is 30.9 Å². The monoisotopic (exact) mass is 514 g/mol. The molecule has 38 heavy (non-hydrogen) atoms. The van der Waals surface area contributed by atoms with E-state index in [4.69, 9.17) is 9.47 Å². The van der Waals surface area contributed by atoms with Crippen molar-refractivity contribution in [2.75, 3.05) is 26.7 Å². The molecular formula is C29H30N4O5. The Balaban J connectivity index is 1.42. The lowest BCUT2D eigenvalue weighted by molar-refractivity contribution is -0.124. The summed E-state index contributed by atoms with van der Waals surface area (Å²) in [5.41, 5.74) is 2.72. The van der Waals surface area contributed by atoms with Crippen LogP contribution in [-0.4, -0.2) is 71.3 Å². The van der Waals surface area contributed by atoms with Gasteiger partial charge < -0.3 is 24.6 Å². The Kier molecular flexibility index (Phi) is 7.37. The number of aromatic nitrogens is 1. The summed E-state index contributed by atoms with van der Waals surface area (Å²) in [6.45, 7) is 2.87. The van der Waals surface area contributed by atoms with Crippen LogP contribution < -0.4 is 10.1 Å². The van der Waals surface area contributed by atoms with Crippen molar-refractivity contribution >= 4 is 17.7 Å². The molecule has 9 nitrogen and oxygen atoms in total. The smallest absolute Gasteiger partial charge is 0.255 e. The summed E-state index contributed by atoms with van der Waals surface area (Å²) >= 11 is 0. The quantitative estimate of drug-likeness (QED) is 0.535. The fourth-order valence-electron chi connectivity index (χ4n) is 4.76. The molecule has 4 bridgehead atoms. The van der Waals surface area contributed by atoms with Gasteiger partial charge in [0.25, 0.3) is 11.8 Å². The van der Waals surface area contributed by atoms with Crippen LogP contribution in [0.4, 0.5) is 0 Å². The first-order valence-electron chi connectivity index (χ1n) is 12.6. The summed E-state index contributed by atoms with van der Waals surface area (Å²) in [6, 6.07) is 15.9. The van der Waals surface area contributed by atoms with Crippen LogP contribution >= 0.6 is 0 Å². The third-order valence-corrected chi connectivity index (χ3v) is 6.84. The molecule has 2 atom stereocenters. The molecule has 2 aliphatic rings. The highest BCUT2D eigenvalue weighted by atomic mass is 16.5. The zero-order valence-corrected chi connectivity index (χ0v) is 21.4. The summed E-state index contributed by atoms with van der Waals surface area (Å²) in [5.74, 6) is 0.444. The van der Waals surface area contributed by atoms with Gasteiger partial charge in [0, 0.05) is 38.1 Å². The van der Waals surface area contributed by atoms with Gasteiger partial charge in [-0.2, -0.15) is 0 Å². The predicted molar refractivity (Wildman–Crippen MR) is 140 cm³/mol. The number of fused-ring (bicyclic) bond motifs is 5. The zero-order valence-electron chi connectivity index (χ0n) is 21.4. The highest BCUT2D eigenvalue weighted by Crippen LogP contribution is 2.28. The first-order chi connectivity index (χ1) is 18.4. The number of carbonyl (C=O) groups excluding carboxylic acids is 3. The molecule has 1 saturated heterocycles. The fourth-order valence-corrected chi connectivity index (χ4v) is 4.76. The highest BCUT2D eigenvalue weighted by molar-refractivity contribution is 5.97. The van der Waals surface area contributed by atoms with E-state index in [1.807, 2.05) is 37.3 Å². The molecule has 5 rings (SSSR count). The Morgan fingerprint density at radius 1 is 1.11 bits per heavy atom. The van der Waals surface area contributed by atoms with Crippen LogP contribution in [0.2, 0.25) is 0 Å². The van der Waals surface area contributed by atoms with Gasteiger partial charge in [-0.15, -0.1) is 0 Å². The Bertz CT molecular complexity index is 1350. The number of rotatable bonds is 1. The topological polar surface area (TPSA) is 101 Å².